The molecule has 0 N–H and O–H groups in total. The molecule has 1 aromatic carbocycles. The lowest BCUT2D eigenvalue weighted by Crippen LogP contribution is -2.26. The van der Waals surface area contributed by atoms with Gasteiger partial charge in [-0.3, -0.25) is 4.79 Å². The quantitative estimate of drug-likeness (QED) is 0.750. The summed E-state index contributed by atoms with van der Waals surface area (Å²) in [5.41, 5.74) is 4.15. The third-order valence-electron chi connectivity index (χ3n) is 4.17. The van der Waals surface area contributed by atoms with E-state index in [1.54, 1.807) is 0 Å². The van der Waals surface area contributed by atoms with E-state index < -0.39 is 0 Å². The summed E-state index contributed by atoms with van der Waals surface area (Å²) in [5, 5.41) is 0. The molecule has 0 fully saturated rings. The number of nitrogens with zero attached hydrogens (tertiary/aromatic N) is 1. The minimum absolute atomic E-state index is 0.366. The fourth-order valence-corrected chi connectivity index (χ4v) is 2.87. The van der Waals surface area contributed by atoms with Crippen LogP contribution in [-0.2, 0) is 24.1 Å². The molecule has 1 aromatic rings. The molecule has 2 nitrogen and oxygen atoms in total. The van der Waals surface area contributed by atoms with Crippen molar-refractivity contribution in [3.05, 3.63) is 34.9 Å². The molecule has 0 heterocycles. The Morgan fingerprint density at radius 1 is 1.16 bits per heavy atom. The second kappa shape index (κ2) is 6.85. The molecule has 1 aliphatic rings. The Morgan fingerprint density at radius 2 is 1.89 bits per heavy atom. The van der Waals surface area contributed by atoms with Crippen LogP contribution in [-0.4, -0.2) is 30.3 Å². The molecule has 0 atom stereocenters. The van der Waals surface area contributed by atoms with E-state index in [0.717, 1.165) is 19.6 Å². The predicted octanol–water partition coefficient (Wildman–Crippen LogP) is 3.02. The Morgan fingerprint density at radius 3 is 2.63 bits per heavy atom. The van der Waals surface area contributed by atoms with Crippen molar-refractivity contribution >= 4 is 5.78 Å². The summed E-state index contributed by atoms with van der Waals surface area (Å²) < 4.78 is 0. The van der Waals surface area contributed by atoms with Gasteiger partial charge in [0, 0.05) is 19.4 Å². The monoisotopic (exact) mass is 259 g/mol. The molecular formula is C17H25NO. The topological polar surface area (TPSA) is 20.3 Å². The van der Waals surface area contributed by atoms with E-state index >= 15 is 0 Å². The van der Waals surface area contributed by atoms with Crippen molar-refractivity contribution in [1.29, 1.82) is 0 Å². The molecule has 2 heteroatoms. The van der Waals surface area contributed by atoms with Crippen LogP contribution in [0.5, 0.6) is 0 Å². The smallest absolute Gasteiger partial charge is 0.138 e. The Bertz CT molecular complexity index is 435. The largest absolute Gasteiger partial charge is 0.303 e. The van der Waals surface area contributed by atoms with Crippen molar-refractivity contribution in [2.24, 2.45) is 0 Å². The van der Waals surface area contributed by atoms with Crippen LogP contribution < -0.4 is 0 Å². The van der Waals surface area contributed by atoms with Crippen LogP contribution >= 0.6 is 0 Å². The van der Waals surface area contributed by atoms with Crippen LogP contribution in [0.4, 0.5) is 0 Å². The Hall–Kier alpha value is -1.15. The van der Waals surface area contributed by atoms with E-state index in [9.17, 15) is 4.79 Å². The highest BCUT2D eigenvalue weighted by atomic mass is 16.1. The van der Waals surface area contributed by atoms with Crippen molar-refractivity contribution < 1.29 is 4.79 Å². The molecule has 0 radical (unpaired) electrons. The van der Waals surface area contributed by atoms with E-state index in [2.05, 4.69) is 36.9 Å². The SMILES string of the molecule is CCN(CC)CCC(=O)Cc1ccc2c(c1)CCC2. The van der Waals surface area contributed by atoms with Crippen LogP contribution in [0.25, 0.3) is 0 Å². The fraction of sp³-hybridized carbons (Fsp3) is 0.588. The zero-order valence-electron chi connectivity index (χ0n) is 12.2. The van der Waals surface area contributed by atoms with Gasteiger partial charge in [-0.15, -0.1) is 0 Å². The number of hydrogen-bond acceptors (Lipinski definition) is 2. The summed E-state index contributed by atoms with van der Waals surface area (Å²) in [6.07, 6.45) is 4.96. The summed E-state index contributed by atoms with van der Waals surface area (Å²) in [7, 11) is 0. The molecule has 0 amide bonds. The van der Waals surface area contributed by atoms with Gasteiger partial charge in [0.1, 0.15) is 5.78 Å². The molecule has 0 aliphatic heterocycles. The Balaban J connectivity index is 1.85. The zero-order chi connectivity index (χ0) is 13.7. The van der Waals surface area contributed by atoms with Gasteiger partial charge < -0.3 is 4.90 Å². The lowest BCUT2D eigenvalue weighted by molar-refractivity contribution is -0.118. The van der Waals surface area contributed by atoms with Gasteiger partial charge in [0.15, 0.2) is 0 Å². The molecule has 0 aromatic heterocycles. The maximum absolute atomic E-state index is 12.0. The molecule has 104 valence electrons. The van der Waals surface area contributed by atoms with Gasteiger partial charge in [-0.05, 0) is 49.0 Å². The van der Waals surface area contributed by atoms with Gasteiger partial charge in [0.25, 0.3) is 0 Å². The molecular weight excluding hydrogens is 234 g/mol. The number of Topliss-reactive ketones (excluding diaryl/α,β-unsaturated/α-hetero) is 1. The molecule has 0 spiro atoms. The maximum atomic E-state index is 12.0. The van der Waals surface area contributed by atoms with Crippen LogP contribution in [0.2, 0.25) is 0 Å². The highest BCUT2D eigenvalue weighted by Gasteiger charge is 2.12. The van der Waals surface area contributed by atoms with Crippen molar-refractivity contribution in [2.45, 2.75) is 46.0 Å². The van der Waals surface area contributed by atoms with Crippen LogP contribution in [0.3, 0.4) is 0 Å². The summed E-state index contributed by atoms with van der Waals surface area (Å²) in [6.45, 7) is 7.25. The third-order valence-corrected chi connectivity index (χ3v) is 4.17. The third kappa shape index (κ3) is 3.90. The highest BCUT2D eigenvalue weighted by Crippen LogP contribution is 2.23. The second-order valence-corrected chi connectivity index (χ2v) is 5.45. The predicted molar refractivity (Wildman–Crippen MR) is 79.6 cm³/mol. The lowest BCUT2D eigenvalue weighted by atomic mass is 10.0. The molecule has 19 heavy (non-hydrogen) atoms. The number of fused-ring (bicyclic) bond motifs is 1. The average molecular weight is 259 g/mol. The number of aryl methyl sites for hydroxylation is 2. The average Bonchev–Trinajstić information content (AvgIpc) is 2.87. The van der Waals surface area contributed by atoms with Crippen molar-refractivity contribution in [3.63, 3.8) is 0 Å². The highest BCUT2D eigenvalue weighted by molar-refractivity contribution is 5.81. The first-order chi connectivity index (χ1) is 9.22. The molecule has 0 saturated heterocycles. The zero-order valence-corrected chi connectivity index (χ0v) is 12.2. The van der Waals surface area contributed by atoms with E-state index in [1.165, 1.54) is 36.0 Å². The van der Waals surface area contributed by atoms with Gasteiger partial charge in [-0.2, -0.15) is 0 Å². The Kier molecular flexibility index (Phi) is 5.15. The van der Waals surface area contributed by atoms with Crippen LogP contribution in [0.15, 0.2) is 18.2 Å². The second-order valence-electron chi connectivity index (χ2n) is 5.45. The van der Waals surface area contributed by atoms with E-state index in [0.29, 0.717) is 18.6 Å². The number of rotatable bonds is 7. The van der Waals surface area contributed by atoms with Crippen LogP contribution in [0.1, 0.15) is 43.4 Å². The number of carbonyl (C=O) groups excluding carboxylic acids is 1. The summed E-state index contributed by atoms with van der Waals surface area (Å²) >= 11 is 0. The van der Waals surface area contributed by atoms with Crippen LogP contribution in [0, 0.1) is 0 Å². The van der Waals surface area contributed by atoms with Gasteiger partial charge >= 0.3 is 0 Å². The molecule has 0 unspecified atom stereocenters. The van der Waals surface area contributed by atoms with Crippen molar-refractivity contribution in [3.8, 4) is 0 Å². The first-order valence-corrected chi connectivity index (χ1v) is 7.57. The molecule has 1 aliphatic carbocycles. The van der Waals surface area contributed by atoms with E-state index in [-0.39, 0.29) is 0 Å². The minimum atomic E-state index is 0.366. The lowest BCUT2D eigenvalue weighted by Gasteiger charge is -2.17. The van der Waals surface area contributed by atoms with Gasteiger partial charge in [-0.1, -0.05) is 32.0 Å². The van der Waals surface area contributed by atoms with Gasteiger partial charge in [0.2, 0.25) is 0 Å². The van der Waals surface area contributed by atoms with Crippen molar-refractivity contribution in [1.82, 2.24) is 4.90 Å². The van der Waals surface area contributed by atoms with Crippen molar-refractivity contribution in [2.75, 3.05) is 19.6 Å². The van der Waals surface area contributed by atoms with Gasteiger partial charge in [-0.25, -0.2) is 0 Å². The number of hydrogen-bond donors (Lipinski definition) is 0. The molecule has 0 saturated carbocycles. The summed E-state index contributed by atoms with van der Waals surface area (Å²) in [6, 6.07) is 6.60. The van der Waals surface area contributed by atoms with E-state index in [1.807, 2.05) is 0 Å². The fourth-order valence-electron chi connectivity index (χ4n) is 2.87. The maximum Gasteiger partial charge on any atom is 0.138 e. The number of ketones is 1. The number of carbonyl (C=O) groups is 1. The first kappa shape index (κ1) is 14.3. The normalized spacial score (nSPS) is 13.8. The number of benzene rings is 1. The first-order valence-electron chi connectivity index (χ1n) is 7.57. The standard InChI is InChI=1S/C17H25NO/c1-3-18(4-2)11-10-17(19)13-14-8-9-15-6-5-7-16(15)12-14/h8-9,12H,3-7,10-11,13H2,1-2H3. The Labute approximate surface area is 116 Å². The van der Waals surface area contributed by atoms with E-state index in [4.69, 9.17) is 0 Å². The molecule has 0 bridgehead atoms. The molecule has 2 rings (SSSR count). The minimum Gasteiger partial charge on any atom is -0.303 e. The van der Waals surface area contributed by atoms with Gasteiger partial charge in [0.05, 0.1) is 0 Å². The summed E-state index contributed by atoms with van der Waals surface area (Å²) in [5.74, 6) is 0.366. The summed E-state index contributed by atoms with van der Waals surface area (Å²) in [4.78, 5) is 14.3.